The smallest absolute Gasteiger partial charge is 0.331 e. The average Bonchev–Trinajstić information content (AvgIpc) is 2.70. The zero-order valence-electron chi connectivity index (χ0n) is 15.9. The van der Waals surface area contributed by atoms with E-state index in [-0.39, 0.29) is 5.91 Å². The lowest BCUT2D eigenvalue weighted by atomic mass is 10.2. The first-order valence-electron chi connectivity index (χ1n) is 8.56. The number of rotatable bonds is 8. The van der Waals surface area contributed by atoms with Crippen molar-refractivity contribution in [3.8, 4) is 11.5 Å². The number of hydrogen-bond donors (Lipinski definition) is 1. The number of carbonyl (C=O) groups is 2. The first-order valence-corrected chi connectivity index (χ1v) is 8.94. The van der Waals surface area contributed by atoms with Crippen molar-refractivity contribution in [2.45, 2.75) is 19.6 Å². The standard InChI is InChI=1S/C21H22ClNO5/c1-14(21(25)23-13-15-7-5-4-6-8-15)28-19(24)10-9-16-11-17(22)20(27-3)18(12-16)26-2/h4-12,14H,13H2,1-3H3,(H,23,25)/b10-9+. The van der Waals surface area contributed by atoms with Gasteiger partial charge in [-0.05, 0) is 36.3 Å². The highest BCUT2D eigenvalue weighted by Crippen LogP contribution is 2.36. The van der Waals surface area contributed by atoms with Gasteiger partial charge < -0.3 is 19.5 Å². The van der Waals surface area contributed by atoms with Crippen LogP contribution in [0, 0.1) is 0 Å². The maximum Gasteiger partial charge on any atom is 0.331 e. The summed E-state index contributed by atoms with van der Waals surface area (Å²) < 4.78 is 15.5. The Morgan fingerprint density at radius 1 is 1.14 bits per heavy atom. The minimum atomic E-state index is -0.921. The van der Waals surface area contributed by atoms with Gasteiger partial charge in [0.05, 0.1) is 19.2 Å². The predicted octanol–water partition coefficient (Wildman–Crippen LogP) is 3.62. The van der Waals surface area contributed by atoms with Crippen LogP contribution in [-0.2, 0) is 20.9 Å². The Kier molecular flexibility index (Phi) is 7.89. The molecule has 0 aromatic heterocycles. The third kappa shape index (κ3) is 6.03. The first-order chi connectivity index (χ1) is 13.4. The molecule has 1 unspecified atom stereocenters. The van der Waals surface area contributed by atoms with Crippen molar-refractivity contribution in [3.63, 3.8) is 0 Å². The summed E-state index contributed by atoms with van der Waals surface area (Å²) in [4.78, 5) is 24.1. The lowest BCUT2D eigenvalue weighted by molar-refractivity contribution is -0.150. The van der Waals surface area contributed by atoms with Crippen molar-refractivity contribution in [1.29, 1.82) is 0 Å². The van der Waals surface area contributed by atoms with Gasteiger partial charge in [-0.15, -0.1) is 0 Å². The van der Waals surface area contributed by atoms with Crippen molar-refractivity contribution < 1.29 is 23.8 Å². The molecule has 0 bridgehead atoms. The van der Waals surface area contributed by atoms with Crippen LogP contribution in [-0.4, -0.2) is 32.2 Å². The molecule has 2 aromatic rings. The fourth-order valence-corrected chi connectivity index (χ4v) is 2.69. The van der Waals surface area contributed by atoms with Crippen molar-refractivity contribution in [2.24, 2.45) is 0 Å². The van der Waals surface area contributed by atoms with E-state index >= 15 is 0 Å². The van der Waals surface area contributed by atoms with E-state index in [9.17, 15) is 9.59 Å². The summed E-state index contributed by atoms with van der Waals surface area (Å²) >= 11 is 6.13. The predicted molar refractivity (Wildman–Crippen MR) is 107 cm³/mol. The molecule has 0 saturated carbocycles. The lowest BCUT2D eigenvalue weighted by Gasteiger charge is -2.12. The average molecular weight is 404 g/mol. The van der Waals surface area contributed by atoms with Crippen LogP contribution in [0.3, 0.4) is 0 Å². The first kappa shape index (κ1) is 21.3. The highest BCUT2D eigenvalue weighted by atomic mass is 35.5. The Balaban J connectivity index is 1.92. The van der Waals surface area contributed by atoms with Gasteiger partial charge in [0.2, 0.25) is 0 Å². The molecule has 0 heterocycles. The topological polar surface area (TPSA) is 73.9 Å². The number of benzene rings is 2. The largest absolute Gasteiger partial charge is 0.493 e. The number of nitrogens with one attached hydrogen (secondary N) is 1. The maximum absolute atomic E-state index is 12.1. The van der Waals surface area contributed by atoms with Gasteiger partial charge in [-0.2, -0.15) is 0 Å². The fourth-order valence-electron chi connectivity index (χ4n) is 2.39. The van der Waals surface area contributed by atoms with Gasteiger partial charge in [-0.1, -0.05) is 41.9 Å². The van der Waals surface area contributed by atoms with E-state index in [0.717, 1.165) is 5.56 Å². The molecule has 1 atom stereocenters. The number of amides is 1. The van der Waals surface area contributed by atoms with Crippen molar-refractivity contribution >= 4 is 29.6 Å². The zero-order chi connectivity index (χ0) is 20.5. The maximum atomic E-state index is 12.1. The minimum absolute atomic E-state index is 0.350. The molecule has 0 fully saturated rings. The van der Waals surface area contributed by atoms with E-state index < -0.39 is 12.1 Å². The lowest BCUT2D eigenvalue weighted by Crippen LogP contribution is -2.35. The second kappa shape index (κ2) is 10.4. The molecule has 7 heteroatoms. The minimum Gasteiger partial charge on any atom is -0.493 e. The second-order valence-electron chi connectivity index (χ2n) is 5.85. The van der Waals surface area contributed by atoms with E-state index in [4.69, 9.17) is 25.8 Å². The Morgan fingerprint density at radius 3 is 2.50 bits per heavy atom. The highest BCUT2D eigenvalue weighted by molar-refractivity contribution is 6.32. The second-order valence-corrected chi connectivity index (χ2v) is 6.26. The van der Waals surface area contributed by atoms with E-state index in [1.807, 2.05) is 30.3 Å². The van der Waals surface area contributed by atoms with Gasteiger partial charge in [-0.3, -0.25) is 4.79 Å². The van der Waals surface area contributed by atoms with E-state index in [1.165, 1.54) is 33.3 Å². The summed E-state index contributed by atoms with van der Waals surface area (Å²) in [6.45, 7) is 1.88. The SMILES string of the molecule is COc1cc(/C=C/C(=O)OC(C)C(=O)NCc2ccccc2)cc(Cl)c1OC. The third-order valence-corrected chi connectivity index (χ3v) is 4.12. The van der Waals surface area contributed by atoms with Crippen LogP contribution in [0.5, 0.6) is 11.5 Å². The van der Waals surface area contributed by atoms with Gasteiger partial charge >= 0.3 is 5.97 Å². The van der Waals surface area contributed by atoms with Crippen LogP contribution in [0.25, 0.3) is 6.08 Å². The molecule has 0 aliphatic carbocycles. The summed E-state index contributed by atoms with van der Waals surface area (Å²) in [6, 6.07) is 12.8. The Morgan fingerprint density at radius 2 is 1.86 bits per heavy atom. The van der Waals surface area contributed by atoms with Crippen molar-refractivity contribution in [1.82, 2.24) is 5.32 Å². The molecule has 0 aliphatic heterocycles. The van der Waals surface area contributed by atoms with Crippen molar-refractivity contribution in [3.05, 3.63) is 64.7 Å². The molecule has 28 heavy (non-hydrogen) atoms. The van der Waals surface area contributed by atoms with Crippen LogP contribution in [0.4, 0.5) is 0 Å². The molecular weight excluding hydrogens is 382 g/mol. The van der Waals surface area contributed by atoms with Gasteiger partial charge in [0.25, 0.3) is 5.91 Å². The van der Waals surface area contributed by atoms with Crippen molar-refractivity contribution in [2.75, 3.05) is 14.2 Å². The summed E-state index contributed by atoms with van der Waals surface area (Å²) in [5.74, 6) is -0.169. The van der Waals surface area contributed by atoms with Crippen LogP contribution in [0.15, 0.2) is 48.5 Å². The summed E-state index contributed by atoms with van der Waals surface area (Å²) in [6.07, 6.45) is 1.82. The molecule has 0 radical (unpaired) electrons. The zero-order valence-corrected chi connectivity index (χ0v) is 16.7. The number of hydrogen-bond acceptors (Lipinski definition) is 5. The highest BCUT2D eigenvalue weighted by Gasteiger charge is 2.16. The fraction of sp³-hybridized carbons (Fsp3) is 0.238. The summed E-state index contributed by atoms with van der Waals surface area (Å²) in [7, 11) is 2.98. The van der Waals surface area contributed by atoms with Crippen LogP contribution in [0.1, 0.15) is 18.1 Å². The molecule has 6 nitrogen and oxygen atoms in total. The number of methoxy groups -OCH3 is 2. The van der Waals surface area contributed by atoms with E-state index in [1.54, 1.807) is 12.1 Å². The Bertz CT molecular complexity index is 851. The Hall–Kier alpha value is -2.99. The molecule has 0 aliphatic rings. The van der Waals surface area contributed by atoms with E-state index in [0.29, 0.717) is 28.6 Å². The third-order valence-electron chi connectivity index (χ3n) is 3.84. The van der Waals surface area contributed by atoms with Gasteiger partial charge in [0.15, 0.2) is 17.6 Å². The van der Waals surface area contributed by atoms with Gasteiger partial charge in [0.1, 0.15) is 0 Å². The number of esters is 1. The quantitative estimate of drug-likeness (QED) is 0.538. The van der Waals surface area contributed by atoms with Crippen LogP contribution < -0.4 is 14.8 Å². The number of carbonyl (C=O) groups excluding carboxylic acids is 2. The molecule has 0 spiro atoms. The summed E-state index contributed by atoms with van der Waals surface area (Å²) in [5, 5.41) is 3.08. The molecule has 0 saturated heterocycles. The monoisotopic (exact) mass is 403 g/mol. The molecule has 1 N–H and O–H groups in total. The van der Waals surface area contributed by atoms with Crippen LogP contribution >= 0.6 is 11.6 Å². The summed E-state index contributed by atoms with van der Waals surface area (Å²) in [5.41, 5.74) is 1.58. The molecule has 2 rings (SSSR count). The van der Waals surface area contributed by atoms with Crippen LogP contribution in [0.2, 0.25) is 5.02 Å². The normalized spacial score (nSPS) is 11.7. The number of ether oxygens (including phenoxy) is 3. The van der Waals surface area contributed by atoms with E-state index in [2.05, 4.69) is 5.32 Å². The molecule has 1 amide bonds. The van der Waals surface area contributed by atoms with Gasteiger partial charge in [-0.25, -0.2) is 4.79 Å². The Labute approximate surface area is 169 Å². The van der Waals surface area contributed by atoms with Gasteiger partial charge in [0, 0.05) is 12.6 Å². The molecule has 148 valence electrons. The molecule has 2 aromatic carbocycles. The molecular formula is C21H22ClNO5. The number of halogens is 1.